The van der Waals surface area contributed by atoms with Gasteiger partial charge in [-0.15, -0.1) is 0 Å². The molecule has 2 aliphatic rings. The van der Waals surface area contributed by atoms with Crippen LogP contribution in [0.2, 0.25) is 0 Å². The second kappa shape index (κ2) is 9.02. The van der Waals surface area contributed by atoms with Crippen LogP contribution in [0.3, 0.4) is 0 Å². The Morgan fingerprint density at radius 2 is 1.45 bits per heavy atom. The second-order valence-corrected chi connectivity index (χ2v) is 8.22. The van der Waals surface area contributed by atoms with Gasteiger partial charge in [-0.25, -0.2) is 0 Å². The Labute approximate surface area is 194 Å². The van der Waals surface area contributed by atoms with Gasteiger partial charge < -0.3 is 19.1 Å². The summed E-state index contributed by atoms with van der Waals surface area (Å²) >= 11 is 0. The van der Waals surface area contributed by atoms with Crippen molar-refractivity contribution >= 4 is 11.4 Å². The van der Waals surface area contributed by atoms with Crippen molar-refractivity contribution in [2.24, 2.45) is 4.99 Å². The van der Waals surface area contributed by atoms with Crippen LogP contribution >= 0.6 is 0 Å². The van der Waals surface area contributed by atoms with Gasteiger partial charge in [-0.05, 0) is 47.2 Å². The van der Waals surface area contributed by atoms with Crippen molar-refractivity contribution in [2.45, 2.75) is 12.8 Å². The van der Waals surface area contributed by atoms with Crippen molar-refractivity contribution in [2.75, 3.05) is 34.4 Å². The van der Waals surface area contributed by atoms with Crippen LogP contribution in [-0.2, 0) is 12.8 Å². The molecule has 0 bridgehead atoms. The first kappa shape index (κ1) is 21.1. The molecule has 3 aromatic carbocycles. The number of aliphatic imine (C=N–C) groups is 1. The number of rotatable bonds is 7. The molecule has 0 unspecified atom stereocenters. The summed E-state index contributed by atoms with van der Waals surface area (Å²) in [7, 11) is 4.92. The Balaban J connectivity index is 1.36. The standard InChI is InChI=1S/C28H28N2O3/c1-31-25-16-20(17-26(32-2)27(25)33-3)9-8-19-10-12-21(13-11-19)24-18-30-15-14-29-28(30)23-7-5-4-6-22(23)24/h4-7,10-13,16-18H,8-9,14-15H2,1-3H3. The minimum atomic E-state index is 0.625. The maximum atomic E-state index is 5.49. The van der Waals surface area contributed by atoms with Gasteiger partial charge in [-0.2, -0.15) is 0 Å². The minimum Gasteiger partial charge on any atom is -0.493 e. The largest absolute Gasteiger partial charge is 0.493 e. The molecule has 3 aromatic rings. The van der Waals surface area contributed by atoms with E-state index in [4.69, 9.17) is 19.2 Å². The fourth-order valence-corrected chi connectivity index (χ4v) is 4.61. The number of benzene rings is 3. The van der Waals surface area contributed by atoms with Crippen LogP contribution in [0.25, 0.3) is 5.57 Å². The van der Waals surface area contributed by atoms with Gasteiger partial charge in [-0.1, -0.05) is 48.5 Å². The number of fused-ring (bicyclic) bond motifs is 3. The zero-order chi connectivity index (χ0) is 22.8. The number of nitrogens with zero attached hydrogens (tertiary/aromatic N) is 2. The lowest BCUT2D eigenvalue weighted by Gasteiger charge is -2.26. The van der Waals surface area contributed by atoms with E-state index in [0.717, 1.165) is 37.3 Å². The van der Waals surface area contributed by atoms with E-state index in [1.165, 1.54) is 27.8 Å². The average Bonchev–Trinajstić information content (AvgIpc) is 3.35. The van der Waals surface area contributed by atoms with Crippen molar-refractivity contribution < 1.29 is 14.2 Å². The molecule has 5 nitrogen and oxygen atoms in total. The molecule has 0 fully saturated rings. The third-order valence-electron chi connectivity index (χ3n) is 6.31. The number of methoxy groups -OCH3 is 3. The highest BCUT2D eigenvalue weighted by Gasteiger charge is 2.26. The van der Waals surface area contributed by atoms with Crippen molar-refractivity contribution in [3.63, 3.8) is 0 Å². The topological polar surface area (TPSA) is 43.3 Å². The Kier molecular flexibility index (Phi) is 5.78. The molecule has 0 aliphatic carbocycles. The number of aryl methyl sites for hydroxylation is 2. The van der Waals surface area contributed by atoms with Crippen LogP contribution in [0, 0.1) is 0 Å². The molecular formula is C28H28N2O3. The average molecular weight is 441 g/mol. The zero-order valence-corrected chi connectivity index (χ0v) is 19.3. The van der Waals surface area contributed by atoms with Crippen molar-refractivity contribution in [3.8, 4) is 17.2 Å². The van der Waals surface area contributed by atoms with Crippen LogP contribution in [0.4, 0.5) is 0 Å². The van der Waals surface area contributed by atoms with E-state index in [1.807, 2.05) is 12.1 Å². The summed E-state index contributed by atoms with van der Waals surface area (Å²) in [6, 6.07) is 21.5. The lowest BCUT2D eigenvalue weighted by molar-refractivity contribution is 0.324. The summed E-state index contributed by atoms with van der Waals surface area (Å²) in [6.45, 7) is 1.80. The van der Waals surface area contributed by atoms with Crippen LogP contribution in [0.15, 0.2) is 71.9 Å². The molecule has 0 amide bonds. The predicted octanol–water partition coefficient (Wildman–Crippen LogP) is 4.96. The SMILES string of the molecule is COc1cc(CCc2ccc(C3=CN4CCN=C4c4ccccc43)cc2)cc(OC)c1OC. The van der Waals surface area contributed by atoms with Gasteiger partial charge in [0, 0.05) is 23.9 Å². The molecular weight excluding hydrogens is 412 g/mol. The van der Waals surface area contributed by atoms with Crippen molar-refractivity contribution in [1.82, 2.24) is 4.90 Å². The lowest BCUT2D eigenvalue weighted by atomic mass is 9.90. The Morgan fingerprint density at radius 1 is 0.788 bits per heavy atom. The maximum Gasteiger partial charge on any atom is 0.203 e. The smallest absolute Gasteiger partial charge is 0.203 e. The van der Waals surface area contributed by atoms with E-state index in [2.05, 4.69) is 59.6 Å². The zero-order valence-electron chi connectivity index (χ0n) is 19.3. The Hall–Kier alpha value is -3.73. The minimum absolute atomic E-state index is 0.625. The molecule has 0 radical (unpaired) electrons. The molecule has 168 valence electrons. The van der Waals surface area contributed by atoms with E-state index in [9.17, 15) is 0 Å². The number of hydrogen-bond acceptors (Lipinski definition) is 5. The first-order chi connectivity index (χ1) is 16.2. The van der Waals surface area contributed by atoms with E-state index >= 15 is 0 Å². The van der Waals surface area contributed by atoms with Gasteiger partial charge in [0.25, 0.3) is 0 Å². The summed E-state index contributed by atoms with van der Waals surface area (Å²) in [6.07, 6.45) is 4.06. The van der Waals surface area contributed by atoms with Gasteiger partial charge in [0.05, 0.1) is 27.9 Å². The summed E-state index contributed by atoms with van der Waals surface area (Å²) in [5, 5.41) is 0. The maximum absolute atomic E-state index is 5.49. The van der Waals surface area contributed by atoms with Gasteiger partial charge in [0.1, 0.15) is 5.84 Å². The summed E-state index contributed by atoms with van der Waals surface area (Å²) < 4.78 is 16.4. The summed E-state index contributed by atoms with van der Waals surface area (Å²) in [5.41, 5.74) is 7.39. The van der Waals surface area contributed by atoms with Crippen LogP contribution in [0.5, 0.6) is 17.2 Å². The molecule has 0 saturated carbocycles. The third-order valence-corrected chi connectivity index (χ3v) is 6.31. The highest BCUT2D eigenvalue weighted by Crippen LogP contribution is 2.38. The number of amidine groups is 1. The Bertz CT molecular complexity index is 1200. The van der Waals surface area contributed by atoms with E-state index in [0.29, 0.717) is 17.2 Å². The summed E-state index contributed by atoms with van der Waals surface area (Å²) in [5.74, 6) is 3.10. The molecule has 2 aliphatic heterocycles. The fourth-order valence-electron chi connectivity index (χ4n) is 4.61. The van der Waals surface area contributed by atoms with E-state index in [1.54, 1.807) is 21.3 Å². The van der Waals surface area contributed by atoms with Gasteiger partial charge in [0.15, 0.2) is 11.5 Å². The van der Waals surface area contributed by atoms with Crippen LogP contribution < -0.4 is 14.2 Å². The van der Waals surface area contributed by atoms with Crippen molar-refractivity contribution in [3.05, 3.63) is 94.7 Å². The Morgan fingerprint density at radius 3 is 2.12 bits per heavy atom. The summed E-state index contributed by atoms with van der Waals surface area (Å²) in [4.78, 5) is 6.98. The molecule has 0 spiro atoms. The number of ether oxygens (including phenoxy) is 3. The van der Waals surface area contributed by atoms with Crippen LogP contribution in [0.1, 0.15) is 27.8 Å². The molecule has 0 N–H and O–H groups in total. The molecule has 33 heavy (non-hydrogen) atoms. The predicted molar refractivity (Wildman–Crippen MR) is 132 cm³/mol. The monoisotopic (exact) mass is 440 g/mol. The van der Waals surface area contributed by atoms with Crippen LogP contribution in [-0.4, -0.2) is 45.2 Å². The molecule has 0 aromatic heterocycles. The molecule has 0 atom stereocenters. The highest BCUT2D eigenvalue weighted by atomic mass is 16.5. The first-order valence-electron chi connectivity index (χ1n) is 11.2. The van der Waals surface area contributed by atoms with E-state index in [-0.39, 0.29) is 0 Å². The second-order valence-electron chi connectivity index (χ2n) is 8.22. The quantitative estimate of drug-likeness (QED) is 0.521. The first-order valence-corrected chi connectivity index (χ1v) is 11.2. The molecule has 2 heterocycles. The van der Waals surface area contributed by atoms with Gasteiger partial charge in [0.2, 0.25) is 5.75 Å². The lowest BCUT2D eigenvalue weighted by Crippen LogP contribution is -2.27. The third kappa shape index (κ3) is 3.95. The highest BCUT2D eigenvalue weighted by molar-refractivity contribution is 6.08. The van der Waals surface area contributed by atoms with Gasteiger partial charge in [-0.3, -0.25) is 4.99 Å². The van der Waals surface area contributed by atoms with Crippen molar-refractivity contribution in [1.29, 1.82) is 0 Å². The van der Waals surface area contributed by atoms with Gasteiger partial charge >= 0.3 is 0 Å². The fraction of sp³-hybridized carbons (Fsp3) is 0.250. The molecule has 5 rings (SSSR count). The molecule has 5 heteroatoms. The normalized spacial score (nSPS) is 14.2. The van der Waals surface area contributed by atoms with E-state index < -0.39 is 0 Å². The number of hydrogen-bond donors (Lipinski definition) is 0. The molecule has 0 saturated heterocycles.